The van der Waals surface area contributed by atoms with Crippen molar-refractivity contribution in [3.8, 4) is 0 Å². The van der Waals surface area contributed by atoms with Gasteiger partial charge >= 0.3 is 0 Å². The maximum atomic E-state index is 10.9. The summed E-state index contributed by atoms with van der Waals surface area (Å²) in [5.74, 6) is 0. The number of rotatable bonds is 16. The molecular formula is C38H48Br4N10O8S. The number of non-ortho nitro benzene ring substituents is 2. The molecule has 0 fully saturated rings. The molecule has 0 saturated heterocycles. The van der Waals surface area contributed by atoms with E-state index in [0.29, 0.717) is 40.6 Å². The van der Waals surface area contributed by atoms with E-state index in [0.717, 1.165) is 59.6 Å². The van der Waals surface area contributed by atoms with Gasteiger partial charge < -0.3 is 27.9 Å². The Morgan fingerprint density at radius 1 is 0.557 bits per heavy atom. The van der Waals surface area contributed by atoms with Gasteiger partial charge in [-0.1, -0.05) is 0 Å². The Labute approximate surface area is 389 Å². The first kappa shape index (κ1) is 53.3. The van der Waals surface area contributed by atoms with Crippen LogP contribution in [-0.2, 0) is 10.4 Å². The van der Waals surface area contributed by atoms with Crippen molar-refractivity contribution in [1.29, 1.82) is 0 Å². The quantitative estimate of drug-likeness (QED) is 0.0258. The Balaban J connectivity index is 0.000000378. The summed E-state index contributed by atoms with van der Waals surface area (Å²) in [6, 6.07) is 21.5. The normalized spacial score (nSPS) is 11.8. The van der Waals surface area contributed by atoms with E-state index < -0.39 is 20.2 Å². The zero-order valence-corrected chi connectivity index (χ0v) is 42.0. The first-order valence-electron chi connectivity index (χ1n) is 18.3. The summed E-state index contributed by atoms with van der Waals surface area (Å²) in [5, 5.41) is 38.8. The van der Waals surface area contributed by atoms with Crippen molar-refractivity contribution in [1.82, 2.24) is 0 Å². The van der Waals surface area contributed by atoms with E-state index >= 15 is 0 Å². The van der Waals surface area contributed by atoms with Crippen LogP contribution in [0.1, 0.15) is 13.8 Å². The average molecular weight is 1120 g/mol. The van der Waals surface area contributed by atoms with Crippen LogP contribution in [0.2, 0.25) is 0 Å². The first-order chi connectivity index (χ1) is 28.2. The topological polar surface area (TPSA) is 222 Å². The van der Waals surface area contributed by atoms with Crippen LogP contribution in [-0.4, -0.2) is 118 Å². The SMILES string of the molecule is CCN(CC[N+](C)(C)C)c1ccc(N=Nc2c(Br)cc([N+](=O)[O-])cc2Br)cc1.CCN(CC[N+](C)(C)C)c1ccc(N=Nc2c(Br)cc([N+](=O)[O-])cc2Br)cc1.O=S(=O)([O-])[O-]. The summed E-state index contributed by atoms with van der Waals surface area (Å²) in [6.07, 6.45) is 0. The monoisotopic (exact) mass is 1120 g/mol. The van der Waals surface area contributed by atoms with E-state index in [1.807, 2.05) is 48.5 Å². The minimum atomic E-state index is -5.17. The highest BCUT2D eigenvalue weighted by Gasteiger charge is 2.16. The molecule has 0 spiro atoms. The lowest BCUT2D eigenvalue weighted by Gasteiger charge is -2.29. The van der Waals surface area contributed by atoms with Crippen LogP contribution in [0, 0.1) is 20.2 Å². The van der Waals surface area contributed by atoms with Gasteiger partial charge in [0.15, 0.2) is 0 Å². The number of quaternary nitrogens is 2. The fourth-order valence-electron chi connectivity index (χ4n) is 4.96. The second-order valence-corrected chi connectivity index (χ2v) is 19.3. The maximum absolute atomic E-state index is 10.9. The number of anilines is 2. The molecule has 61 heavy (non-hydrogen) atoms. The van der Waals surface area contributed by atoms with Crippen molar-refractivity contribution in [3.63, 3.8) is 0 Å². The van der Waals surface area contributed by atoms with Crippen LogP contribution in [0.25, 0.3) is 0 Å². The molecule has 0 aliphatic rings. The van der Waals surface area contributed by atoms with Gasteiger partial charge in [0.1, 0.15) is 11.4 Å². The van der Waals surface area contributed by atoms with Crippen LogP contribution < -0.4 is 9.80 Å². The third kappa shape index (κ3) is 20.3. The van der Waals surface area contributed by atoms with E-state index in [2.05, 4.69) is 150 Å². The van der Waals surface area contributed by atoms with Crippen molar-refractivity contribution in [2.45, 2.75) is 13.8 Å². The van der Waals surface area contributed by atoms with E-state index in [-0.39, 0.29) is 11.4 Å². The molecule has 0 aliphatic carbocycles. The van der Waals surface area contributed by atoms with Gasteiger partial charge in [-0.15, -0.1) is 10.2 Å². The lowest BCUT2D eigenvalue weighted by molar-refractivity contribution is -0.868. The Bertz CT molecular complexity index is 2070. The Morgan fingerprint density at radius 2 is 0.820 bits per heavy atom. The van der Waals surface area contributed by atoms with Crippen molar-refractivity contribution < 1.29 is 36.3 Å². The van der Waals surface area contributed by atoms with Gasteiger partial charge in [-0.25, -0.2) is 0 Å². The molecule has 0 atom stereocenters. The van der Waals surface area contributed by atoms with Crippen molar-refractivity contribution >= 4 is 120 Å². The van der Waals surface area contributed by atoms with Gasteiger partial charge in [-0.3, -0.25) is 28.6 Å². The van der Waals surface area contributed by atoms with Crippen molar-refractivity contribution in [2.75, 3.05) is 91.4 Å². The molecule has 4 aromatic carbocycles. The number of azo groups is 2. The molecular weight excluding hydrogens is 1080 g/mol. The molecule has 0 saturated carbocycles. The number of nitro benzene ring substituents is 2. The number of halogens is 4. The lowest BCUT2D eigenvalue weighted by Crippen LogP contribution is -2.42. The standard InChI is InChI=1S/2C19H24Br2N5O2.H2O4S/c2*1-5-24(10-11-26(2,3)4)15-8-6-14(7-9-15)22-23-19-17(20)12-16(25(27)28)13-18(19)21;1-5(2,3)4/h2*6-9,12-13H,5,10-11H2,1-4H3;(H2,1,2,3,4)/q2*+1;/p-2. The Kier molecular flexibility index (Phi) is 21.1. The van der Waals surface area contributed by atoms with Gasteiger partial charge in [-0.2, -0.15) is 10.2 Å². The Morgan fingerprint density at radius 3 is 1.03 bits per heavy atom. The Hall–Kier alpha value is -3.81. The highest BCUT2D eigenvalue weighted by molar-refractivity contribution is 9.11. The van der Waals surface area contributed by atoms with Gasteiger partial charge in [-0.05, 0) is 126 Å². The molecule has 0 amide bonds. The van der Waals surface area contributed by atoms with Crippen LogP contribution in [0.5, 0.6) is 0 Å². The van der Waals surface area contributed by atoms with E-state index in [1.54, 1.807) is 0 Å². The molecule has 0 N–H and O–H groups in total. The molecule has 23 heteroatoms. The van der Waals surface area contributed by atoms with Gasteiger partial charge in [0.25, 0.3) is 11.4 Å². The maximum Gasteiger partial charge on any atom is 0.271 e. The third-order valence-electron chi connectivity index (χ3n) is 8.23. The summed E-state index contributed by atoms with van der Waals surface area (Å²) in [4.78, 5) is 25.6. The average Bonchev–Trinajstić information content (AvgIpc) is 3.14. The van der Waals surface area contributed by atoms with E-state index in [9.17, 15) is 20.2 Å². The van der Waals surface area contributed by atoms with E-state index in [1.165, 1.54) is 24.3 Å². The number of hydrogen-bond donors (Lipinski definition) is 0. The smallest absolute Gasteiger partial charge is 0.271 e. The summed E-state index contributed by atoms with van der Waals surface area (Å²) >= 11 is 13.3. The highest BCUT2D eigenvalue weighted by atomic mass is 79.9. The molecule has 0 heterocycles. The summed E-state index contributed by atoms with van der Waals surface area (Å²) in [7, 11) is 7.95. The van der Waals surface area contributed by atoms with Crippen molar-refractivity contribution in [3.05, 3.63) is 111 Å². The minimum absolute atomic E-state index is 0.0180. The zero-order valence-electron chi connectivity index (χ0n) is 34.8. The summed E-state index contributed by atoms with van der Waals surface area (Å²) < 4.78 is 37.9. The van der Waals surface area contributed by atoms with Gasteiger partial charge in [0.05, 0.1) is 108 Å². The number of benzene rings is 4. The lowest BCUT2D eigenvalue weighted by atomic mass is 10.2. The number of likely N-dealkylation sites (N-methyl/N-ethyl adjacent to an activating group) is 4. The second kappa shape index (κ2) is 24.1. The molecule has 0 radical (unpaired) electrons. The first-order valence-corrected chi connectivity index (χ1v) is 22.8. The molecule has 4 rings (SSSR count). The molecule has 0 aliphatic heterocycles. The van der Waals surface area contributed by atoms with Crippen LogP contribution in [0.4, 0.5) is 45.5 Å². The number of nitro groups is 2. The fourth-order valence-corrected chi connectivity index (χ4v) is 7.60. The van der Waals surface area contributed by atoms with Crippen LogP contribution >= 0.6 is 63.7 Å². The fraction of sp³-hybridized carbons (Fsp3) is 0.368. The predicted octanol–water partition coefficient (Wildman–Crippen LogP) is 10.8. The third-order valence-corrected chi connectivity index (χ3v) is 10.6. The van der Waals surface area contributed by atoms with Crippen LogP contribution in [0.3, 0.4) is 0 Å². The predicted molar refractivity (Wildman–Crippen MR) is 250 cm³/mol. The van der Waals surface area contributed by atoms with Crippen molar-refractivity contribution in [2.24, 2.45) is 20.5 Å². The molecule has 4 aromatic rings. The molecule has 0 aromatic heterocycles. The minimum Gasteiger partial charge on any atom is -0.759 e. The molecule has 0 unspecified atom stereocenters. The second-order valence-electron chi connectivity index (χ2n) is 15.1. The largest absolute Gasteiger partial charge is 0.759 e. The number of hydrogen-bond acceptors (Lipinski definition) is 14. The number of nitrogens with zero attached hydrogens (tertiary/aromatic N) is 10. The van der Waals surface area contributed by atoms with Gasteiger partial charge in [0.2, 0.25) is 0 Å². The van der Waals surface area contributed by atoms with Gasteiger partial charge in [0, 0.05) is 59.1 Å². The molecule has 18 nitrogen and oxygen atoms in total. The molecule has 0 bridgehead atoms. The van der Waals surface area contributed by atoms with Crippen LogP contribution in [0.15, 0.2) is 111 Å². The zero-order chi connectivity index (χ0) is 46.3. The highest BCUT2D eigenvalue weighted by Crippen LogP contribution is 2.39. The van der Waals surface area contributed by atoms with E-state index in [4.69, 9.17) is 17.5 Å². The summed E-state index contributed by atoms with van der Waals surface area (Å²) in [6.45, 7) is 10.2. The molecule has 332 valence electrons. The summed E-state index contributed by atoms with van der Waals surface area (Å²) in [5.41, 5.74) is 4.69.